The summed E-state index contributed by atoms with van der Waals surface area (Å²) in [7, 11) is 0. The Morgan fingerprint density at radius 2 is 1.93 bits per heavy atom. The predicted octanol–water partition coefficient (Wildman–Crippen LogP) is 3.27. The van der Waals surface area contributed by atoms with Crippen LogP contribution in [0.3, 0.4) is 0 Å². The number of hydrogen-bond acceptors (Lipinski definition) is 4. The summed E-state index contributed by atoms with van der Waals surface area (Å²) in [6.07, 6.45) is 1.44. The summed E-state index contributed by atoms with van der Waals surface area (Å²) >= 11 is 0. The van der Waals surface area contributed by atoms with Gasteiger partial charge < -0.3 is 26.0 Å². The number of carbonyl (C=O) groups is 1. The lowest BCUT2D eigenvalue weighted by Crippen LogP contribution is -2.48. The highest BCUT2D eigenvalue weighted by atomic mass is 127. The summed E-state index contributed by atoms with van der Waals surface area (Å²) in [6, 6.07) is 10.6. The Labute approximate surface area is 185 Å². The lowest BCUT2D eigenvalue weighted by atomic mass is 10.0. The van der Waals surface area contributed by atoms with Crippen molar-refractivity contribution < 1.29 is 9.53 Å². The number of anilines is 1. The molecule has 0 spiro atoms. The van der Waals surface area contributed by atoms with Gasteiger partial charge in [-0.1, -0.05) is 32.0 Å². The van der Waals surface area contributed by atoms with Crippen molar-refractivity contribution in [1.29, 1.82) is 0 Å². The zero-order valence-electron chi connectivity index (χ0n) is 17.1. The summed E-state index contributed by atoms with van der Waals surface area (Å²) < 4.78 is 5.05. The lowest BCUT2D eigenvalue weighted by Gasteiger charge is -2.32. The third kappa shape index (κ3) is 8.12. The third-order valence-corrected chi connectivity index (χ3v) is 4.76. The van der Waals surface area contributed by atoms with Crippen molar-refractivity contribution >= 4 is 41.7 Å². The maximum absolute atomic E-state index is 11.7. The molecule has 0 saturated carbocycles. The van der Waals surface area contributed by atoms with E-state index in [-0.39, 0.29) is 42.2 Å². The quantitative estimate of drug-likeness (QED) is 0.302. The average molecular weight is 503 g/mol. The molecule has 1 fully saturated rings. The predicted molar refractivity (Wildman–Crippen MR) is 125 cm³/mol. The van der Waals surface area contributed by atoms with Gasteiger partial charge in [0.15, 0.2) is 5.96 Å². The fourth-order valence-electron chi connectivity index (χ4n) is 3.04. The topological polar surface area (TPSA) is 92.0 Å². The lowest BCUT2D eigenvalue weighted by molar-refractivity contribution is 0.0963. The molecule has 1 aromatic carbocycles. The molecule has 7 nitrogen and oxygen atoms in total. The number of piperidine rings is 1. The minimum atomic E-state index is -0.232. The molecule has 0 aromatic heterocycles. The summed E-state index contributed by atoms with van der Waals surface area (Å²) in [5, 5.41) is 6.81. The first-order valence-corrected chi connectivity index (χ1v) is 9.79. The van der Waals surface area contributed by atoms with E-state index >= 15 is 0 Å². The van der Waals surface area contributed by atoms with Crippen molar-refractivity contribution in [1.82, 2.24) is 10.2 Å². The maximum Gasteiger partial charge on any atom is 0.409 e. The summed E-state index contributed by atoms with van der Waals surface area (Å²) in [5.74, 6) is 0.889. The van der Waals surface area contributed by atoms with Gasteiger partial charge in [0.05, 0.1) is 13.2 Å². The summed E-state index contributed by atoms with van der Waals surface area (Å²) in [4.78, 5) is 18.0. The van der Waals surface area contributed by atoms with Gasteiger partial charge in [0.2, 0.25) is 0 Å². The number of nitrogens with one attached hydrogen (secondary N) is 2. The van der Waals surface area contributed by atoms with Gasteiger partial charge in [0.1, 0.15) is 0 Å². The third-order valence-electron chi connectivity index (χ3n) is 4.76. The van der Waals surface area contributed by atoms with E-state index in [0.29, 0.717) is 38.1 Å². The SMILES string of the molecule is CCOC(=O)N1CCC(NC(N)=NCC(Nc2ccccc2)C(C)C)CC1.I. The monoisotopic (exact) mass is 503 g/mol. The number of guanidine groups is 1. The first-order chi connectivity index (χ1) is 13.0. The Balaban J connectivity index is 0.00000392. The van der Waals surface area contributed by atoms with E-state index in [0.717, 1.165) is 18.5 Å². The Bertz CT molecular complexity index is 604. The van der Waals surface area contributed by atoms with Crippen LogP contribution in [0.1, 0.15) is 33.6 Å². The van der Waals surface area contributed by atoms with Crippen LogP contribution < -0.4 is 16.4 Å². The zero-order valence-corrected chi connectivity index (χ0v) is 19.4. The molecule has 1 atom stereocenters. The number of para-hydroxylation sites is 1. The van der Waals surface area contributed by atoms with Crippen LogP contribution in [-0.2, 0) is 4.74 Å². The first kappa shape index (κ1) is 24.3. The minimum Gasteiger partial charge on any atom is -0.450 e. The van der Waals surface area contributed by atoms with Gasteiger partial charge in [-0.2, -0.15) is 0 Å². The molecule has 28 heavy (non-hydrogen) atoms. The van der Waals surface area contributed by atoms with E-state index in [1.807, 2.05) is 25.1 Å². The fraction of sp³-hybridized carbons (Fsp3) is 0.600. The van der Waals surface area contributed by atoms with Crippen molar-refractivity contribution in [3.05, 3.63) is 30.3 Å². The number of halogens is 1. The van der Waals surface area contributed by atoms with Crippen LogP contribution in [0, 0.1) is 5.92 Å². The number of ether oxygens (including phenoxy) is 1. The molecule has 158 valence electrons. The van der Waals surface area contributed by atoms with Gasteiger partial charge in [-0.3, -0.25) is 4.99 Å². The number of carbonyl (C=O) groups excluding carboxylic acids is 1. The number of amides is 1. The fourth-order valence-corrected chi connectivity index (χ4v) is 3.04. The molecule has 4 N–H and O–H groups in total. The van der Waals surface area contributed by atoms with Gasteiger partial charge in [-0.15, -0.1) is 24.0 Å². The molecule has 2 rings (SSSR count). The number of rotatable bonds is 7. The second-order valence-electron chi connectivity index (χ2n) is 7.19. The van der Waals surface area contributed by atoms with Gasteiger partial charge in [-0.05, 0) is 37.8 Å². The molecule has 1 amide bonds. The van der Waals surface area contributed by atoms with Gasteiger partial charge in [0.25, 0.3) is 0 Å². The van der Waals surface area contributed by atoms with Crippen LogP contribution >= 0.6 is 24.0 Å². The number of aliphatic imine (C=N–C) groups is 1. The van der Waals surface area contributed by atoms with E-state index in [1.54, 1.807) is 4.90 Å². The van der Waals surface area contributed by atoms with Crippen LogP contribution in [0.15, 0.2) is 35.3 Å². The summed E-state index contributed by atoms with van der Waals surface area (Å²) in [5.41, 5.74) is 7.18. The molecular weight excluding hydrogens is 469 g/mol. The van der Waals surface area contributed by atoms with Gasteiger partial charge >= 0.3 is 6.09 Å². The zero-order chi connectivity index (χ0) is 19.6. The van der Waals surface area contributed by atoms with Crippen molar-refractivity contribution in [2.75, 3.05) is 31.6 Å². The standard InChI is InChI=1S/C20H33N5O2.HI/c1-4-27-20(26)25-12-10-17(11-13-25)24-19(21)22-14-18(15(2)3)23-16-8-6-5-7-9-16;/h5-9,15,17-18,23H,4,10-14H2,1-3H3,(H3,21,22,24);1H. The maximum atomic E-state index is 11.7. The minimum absolute atomic E-state index is 0. The molecule has 0 aliphatic carbocycles. The van der Waals surface area contributed by atoms with Crippen LogP contribution in [-0.4, -0.2) is 55.3 Å². The molecule has 1 aliphatic heterocycles. The molecule has 0 bridgehead atoms. The van der Waals surface area contributed by atoms with Crippen LogP contribution in [0.4, 0.5) is 10.5 Å². The van der Waals surface area contributed by atoms with Crippen LogP contribution in [0.5, 0.6) is 0 Å². The van der Waals surface area contributed by atoms with Gasteiger partial charge in [-0.25, -0.2) is 4.79 Å². The molecule has 1 heterocycles. The van der Waals surface area contributed by atoms with E-state index in [9.17, 15) is 4.79 Å². The van der Waals surface area contributed by atoms with E-state index in [1.165, 1.54) is 0 Å². The summed E-state index contributed by atoms with van der Waals surface area (Å²) in [6.45, 7) is 8.52. The Morgan fingerprint density at radius 1 is 1.29 bits per heavy atom. The second kappa shape index (κ2) is 12.7. The highest BCUT2D eigenvalue weighted by Gasteiger charge is 2.23. The normalized spacial score (nSPS) is 16.3. The van der Waals surface area contributed by atoms with E-state index in [4.69, 9.17) is 10.5 Å². The first-order valence-electron chi connectivity index (χ1n) is 9.79. The number of benzene rings is 1. The van der Waals surface area contributed by atoms with Crippen molar-refractivity contribution in [2.24, 2.45) is 16.6 Å². The number of hydrogen-bond donors (Lipinski definition) is 3. The second-order valence-corrected chi connectivity index (χ2v) is 7.19. The molecule has 0 radical (unpaired) electrons. The average Bonchev–Trinajstić information content (AvgIpc) is 2.66. The van der Waals surface area contributed by atoms with Gasteiger partial charge in [0, 0.05) is 30.9 Å². The molecule has 1 aliphatic rings. The largest absolute Gasteiger partial charge is 0.450 e. The number of likely N-dealkylation sites (tertiary alicyclic amines) is 1. The smallest absolute Gasteiger partial charge is 0.409 e. The highest BCUT2D eigenvalue weighted by Crippen LogP contribution is 2.13. The number of nitrogens with zero attached hydrogens (tertiary/aromatic N) is 2. The van der Waals surface area contributed by atoms with E-state index < -0.39 is 0 Å². The Morgan fingerprint density at radius 3 is 2.50 bits per heavy atom. The van der Waals surface area contributed by atoms with Crippen molar-refractivity contribution in [3.63, 3.8) is 0 Å². The van der Waals surface area contributed by atoms with E-state index in [2.05, 4.69) is 41.6 Å². The molecule has 8 heteroatoms. The molecule has 1 unspecified atom stereocenters. The Kier molecular flexibility index (Phi) is 11.0. The van der Waals surface area contributed by atoms with Crippen molar-refractivity contribution in [2.45, 2.75) is 45.7 Å². The Hall–Kier alpha value is -1.71. The van der Waals surface area contributed by atoms with Crippen LogP contribution in [0.25, 0.3) is 0 Å². The van der Waals surface area contributed by atoms with Crippen LogP contribution in [0.2, 0.25) is 0 Å². The molecular formula is C20H34IN5O2. The molecule has 1 aromatic rings. The highest BCUT2D eigenvalue weighted by molar-refractivity contribution is 14.0. The molecule has 1 saturated heterocycles. The number of nitrogens with two attached hydrogens (primary N) is 1. The van der Waals surface area contributed by atoms with Crippen molar-refractivity contribution in [3.8, 4) is 0 Å².